The smallest absolute Gasteiger partial charge is 0.123 e. The van der Waals surface area contributed by atoms with Crippen molar-refractivity contribution in [3.05, 3.63) is 35.6 Å². The number of halogens is 1. The van der Waals surface area contributed by atoms with Crippen LogP contribution in [-0.2, 0) is 6.42 Å². The molecule has 1 nitrogen and oxygen atoms in total. The molecule has 0 aromatic heterocycles. The van der Waals surface area contributed by atoms with Crippen molar-refractivity contribution < 1.29 is 4.39 Å². The van der Waals surface area contributed by atoms with E-state index >= 15 is 0 Å². The highest BCUT2D eigenvalue weighted by molar-refractivity contribution is 5.16. The lowest BCUT2D eigenvalue weighted by atomic mass is 9.85. The van der Waals surface area contributed by atoms with Crippen LogP contribution in [0.4, 0.5) is 4.39 Å². The Kier molecular flexibility index (Phi) is 3.94. The van der Waals surface area contributed by atoms with Crippen LogP contribution in [0.2, 0.25) is 0 Å². The van der Waals surface area contributed by atoms with Gasteiger partial charge in [-0.2, -0.15) is 0 Å². The molecule has 1 aromatic rings. The minimum atomic E-state index is -0.154. The van der Waals surface area contributed by atoms with Crippen molar-refractivity contribution in [3.63, 3.8) is 0 Å². The van der Waals surface area contributed by atoms with Gasteiger partial charge in [0.25, 0.3) is 0 Å². The lowest BCUT2D eigenvalue weighted by Gasteiger charge is -2.27. The highest BCUT2D eigenvalue weighted by atomic mass is 19.1. The first-order valence-electron chi connectivity index (χ1n) is 6.22. The van der Waals surface area contributed by atoms with Crippen molar-refractivity contribution in [3.8, 4) is 0 Å². The molecule has 0 spiro atoms. The van der Waals surface area contributed by atoms with E-state index < -0.39 is 0 Å². The molecule has 1 N–H and O–H groups in total. The second-order valence-corrected chi connectivity index (χ2v) is 4.94. The first-order chi connectivity index (χ1) is 7.74. The molecule has 16 heavy (non-hydrogen) atoms. The lowest BCUT2D eigenvalue weighted by molar-refractivity contribution is 0.291. The Bertz CT molecular complexity index is 316. The van der Waals surface area contributed by atoms with Gasteiger partial charge in [0.1, 0.15) is 5.82 Å². The van der Waals surface area contributed by atoms with E-state index in [1.54, 1.807) is 0 Å². The largest absolute Gasteiger partial charge is 0.314 e. The molecule has 0 heterocycles. The van der Waals surface area contributed by atoms with Crippen LogP contribution in [0.3, 0.4) is 0 Å². The zero-order valence-corrected chi connectivity index (χ0v) is 9.88. The SMILES string of the molecule is CC(Cc1ccc(F)cc1)NCC1CCC1. The van der Waals surface area contributed by atoms with Crippen molar-refractivity contribution in [1.29, 1.82) is 0 Å². The van der Waals surface area contributed by atoms with Crippen LogP contribution in [0.1, 0.15) is 31.7 Å². The standard InChI is InChI=1S/C14H20FN/c1-11(16-10-13-3-2-4-13)9-12-5-7-14(15)8-6-12/h5-8,11,13,16H,2-4,9-10H2,1H3. The first kappa shape index (κ1) is 11.6. The van der Waals surface area contributed by atoms with Gasteiger partial charge in [0.05, 0.1) is 0 Å². The molecule has 0 amide bonds. The molecule has 1 atom stereocenters. The Morgan fingerprint density at radius 3 is 2.56 bits per heavy atom. The monoisotopic (exact) mass is 221 g/mol. The summed E-state index contributed by atoms with van der Waals surface area (Å²) in [5.41, 5.74) is 1.20. The van der Waals surface area contributed by atoms with Crippen LogP contribution in [-0.4, -0.2) is 12.6 Å². The van der Waals surface area contributed by atoms with Gasteiger partial charge < -0.3 is 5.32 Å². The quantitative estimate of drug-likeness (QED) is 0.805. The summed E-state index contributed by atoms with van der Waals surface area (Å²) in [4.78, 5) is 0. The van der Waals surface area contributed by atoms with Gasteiger partial charge in [-0.3, -0.25) is 0 Å². The summed E-state index contributed by atoms with van der Waals surface area (Å²) in [6, 6.07) is 7.29. The molecule has 1 fully saturated rings. The van der Waals surface area contributed by atoms with Crippen LogP contribution in [0, 0.1) is 11.7 Å². The van der Waals surface area contributed by atoms with Crippen LogP contribution in [0.25, 0.3) is 0 Å². The Labute approximate surface area is 97.1 Å². The summed E-state index contributed by atoms with van der Waals surface area (Å²) in [5, 5.41) is 3.55. The van der Waals surface area contributed by atoms with Crippen molar-refractivity contribution in [2.24, 2.45) is 5.92 Å². The molecule has 2 heteroatoms. The van der Waals surface area contributed by atoms with Gasteiger partial charge in [-0.25, -0.2) is 4.39 Å². The summed E-state index contributed by atoms with van der Waals surface area (Å²) in [6.07, 6.45) is 5.15. The van der Waals surface area contributed by atoms with Gasteiger partial charge in [0.15, 0.2) is 0 Å². The van der Waals surface area contributed by atoms with Crippen LogP contribution >= 0.6 is 0 Å². The normalized spacial score (nSPS) is 18.1. The fourth-order valence-corrected chi connectivity index (χ4v) is 2.11. The average Bonchev–Trinajstić information content (AvgIpc) is 2.19. The molecule has 1 aromatic carbocycles. The summed E-state index contributed by atoms with van der Waals surface area (Å²) in [7, 11) is 0. The zero-order valence-electron chi connectivity index (χ0n) is 9.88. The van der Waals surface area contributed by atoms with Crippen molar-refractivity contribution in [1.82, 2.24) is 5.32 Å². The third kappa shape index (κ3) is 3.31. The van der Waals surface area contributed by atoms with E-state index in [1.165, 1.54) is 37.0 Å². The Balaban J connectivity index is 1.73. The topological polar surface area (TPSA) is 12.0 Å². The van der Waals surface area contributed by atoms with E-state index in [2.05, 4.69) is 12.2 Å². The van der Waals surface area contributed by atoms with Crippen molar-refractivity contribution in [2.75, 3.05) is 6.54 Å². The molecular weight excluding hydrogens is 201 g/mol. The maximum atomic E-state index is 12.7. The molecule has 1 aliphatic carbocycles. The number of hydrogen-bond donors (Lipinski definition) is 1. The maximum Gasteiger partial charge on any atom is 0.123 e. The predicted molar refractivity (Wildman–Crippen MR) is 64.9 cm³/mol. The molecule has 88 valence electrons. The molecule has 1 unspecified atom stereocenters. The van der Waals surface area contributed by atoms with Gasteiger partial charge in [-0.05, 0) is 56.3 Å². The van der Waals surface area contributed by atoms with Crippen molar-refractivity contribution in [2.45, 2.75) is 38.6 Å². The van der Waals surface area contributed by atoms with E-state index in [4.69, 9.17) is 0 Å². The molecule has 1 saturated carbocycles. The van der Waals surface area contributed by atoms with Gasteiger partial charge in [-0.15, -0.1) is 0 Å². The van der Waals surface area contributed by atoms with Gasteiger partial charge in [0, 0.05) is 6.04 Å². The van der Waals surface area contributed by atoms with E-state index in [-0.39, 0.29) is 5.82 Å². The summed E-state index contributed by atoms with van der Waals surface area (Å²) >= 11 is 0. The van der Waals surface area contributed by atoms with Crippen molar-refractivity contribution >= 4 is 0 Å². The molecule has 0 aliphatic heterocycles. The summed E-state index contributed by atoms with van der Waals surface area (Å²) in [6.45, 7) is 3.34. The predicted octanol–water partition coefficient (Wildman–Crippen LogP) is 3.15. The summed E-state index contributed by atoms with van der Waals surface area (Å²) in [5.74, 6) is 0.745. The number of rotatable bonds is 5. The highest BCUT2D eigenvalue weighted by Gasteiger charge is 2.17. The van der Waals surface area contributed by atoms with Gasteiger partial charge in [-0.1, -0.05) is 18.6 Å². The molecular formula is C14H20FN. The minimum absolute atomic E-state index is 0.154. The van der Waals surface area contributed by atoms with E-state index in [0.717, 1.165) is 18.9 Å². The Morgan fingerprint density at radius 2 is 2.00 bits per heavy atom. The second-order valence-electron chi connectivity index (χ2n) is 4.94. The molecule has 0 radical (unpaired) electrons. The average molecular weight is 221 g/mol. The van der Waals surface area contributed by atoms with Gasteiger partial charge >= 0.3 is 0 Å². The zero-order chi connectivity index (χ0) is 11.4. The maximum absolute atomic E-state index is 12.7. The highest BCUT2D eigenvalue weighted by Crippen LogP contribution is 2.25. The van der Waals surface area contributed by atoms with E-state index in [1.807, 2.05) is 12.1 Å². The lowest BCUT2D eigenvalue weighted by Crippen LogP contribution is -2.34. The second kappa shape index (κ2) is 5.44. The Morgan fingerprint density at radius 1 is 1.31 bits per heavy atom. The van der Waals surface area contributed by atoms with Crippen LogP contribution in [0.15, 0.2) is 24.3 Å². The van der Waals surface area contributed by atoms with Crippen LogP contribution < -0.4 is 5.32 Å². The van der Waals surface area contributed by atoms with E-state index in [9.17, 15) is 4.39 Å². The summed E-state index contributed by atoms with van der Waals surface area (Å²) < 4.78 is 12.7. The first-order valence-corrected chi connectivity index (χ1v) is 6.22. The fourth-order valence-electron chi connectivity index (χ4n) is 2.11. The van der Waals surface area contributed by atoms with Crippen LogP contribution in [0.5, 0.6) is 0 Å². The number of benzene rings is 1. The molecule has 1 aliphatic rings. The molecule has 0 saturated heterocycles. The van der Waals surface area contributed by atoms with Gasteiger partial charge in [0.2, 0.25) is 0 Å². The third-order valence-electron chi connectivity index (χ3n) is 3.43. The number of nitrogens with one attached hydrogen (secondary N) is 1. The molecule has 2 rings (SSSR count). The fraction of sp³-hybridized carbons (Fsp3) is 0.571. The molecule has 0 bridgehead atoms. The number of hydrogen-bond acceptors (Lipinski definition) is 1. The minimum Gasteiger partial charge on any atom is -0.314 e. The van der Waals surface area contributed by atoms with E-state index in [0.29, 0.717) is 6.04 Å². The Hall–Kier alpha value is -0.890. The third-order valence-corrected chi connectivity index (χ3v) is 3.43.